The quantitative estimate of drug-likeness (QED) is 0.602. The summed E-state index contributed by atoms with van der Waals surface area (Å²) in [4.78, 5) is 21.0. The fourth-order valence-corrected chi connectivity index (χ4v) is 3.60. The van der Waals surface area contributed by atoms with Crippen LogP contribution in [-0.2, 0) is 0 Å². The number of rotatable bonds is 4. The summed E-state index contributed by atoms with van der Waals surface area (Å²) in [5, 5.41) is 9.81. The van der Waals surface area contributed by atoms with Crippen LogP contribution in [0.1, 0.15) is 21.7 Å². The SMILES string of the molecule is Cc1cc(C(=O)Nc2ccc(-n3cncn3)cc2)c(C)n1-c1nccs1. The number of aryl methyl sites for hydroxylation is 1. The van der Waals surface area contributed by atoms with Crippen molar-refractivity contribution >= 4 is 22.9 Å². The number of anilines is 1. The predicted molar refractivity (Wildman–Crippen MR) is 100 cm³/mol. The van der Waals surface area contributed by atoms with Crippen LogP contribution in [-0.4, -0.2) is 30.2 Å². The first-order valence-electron chi connectivity index (χ1n) is 7.99. The highest BCUT2D eigenvalue weighted by atomic mass is 32.1. The van der Waals surface area contributed by atoms with E-state index in [2.05, 4.69) is 20.4 Å². The van der Waals surface area contributed by atoms with Gasteiger partial charge in [0.05, 0.1) is 11.3 Å². The van der Waals surface area contributed by atoms with Gasteiger partial charge in [0.15, 0.2) is 5.13 Å². The summed E-state index contributed by atoms with van der Waals surface area (Å²) in [5.41, 5.74) is 4.08. The second kappa shape index (κ2) is 6.57. The molecule has 0 fully saturated rings. The third-order valence-corrected chi connectivity index (χ3v) is 4.85. The van der Waals surface area contributed by atoms with Crippen molar-refractivity contribution < 1.29 is 4.79 Å². The fraction of sp³-hybridized carbons (Fsp3) is 0.111. The van der Waals surface area contributed by atoms with E-state index < -0.39 is 0 Å². The number of carbonyl (C=O) groups is 1. The summed E-state index contributed by atoms with van der Waals surface area (Å²) in [7, 11) is 0. The van der Waals surface area contributed by atoms with Gasteiger partial charge >= 0.3 is 0 Å². The zero-order chi connectivity index (χ0) is 18.1. The van der Waals surface area contributed by atoms with E-state index in [9.17, 15) is 4.79 Å². The van der Waals surface area contributed by atoms with Gasteiger partial charge in [-0.3, -0.25) is 9.36 Å². The van der Waals surface area contributed by atoms with Gasteiger partial charge in [-0.1, -0.05) is 0 Å². The molecular formula is C18H16N6OS. The van der Waals surface area contributed by atoms with Crippen molar-refractivity contribution in [2.75, 3.05) is 5.32 Å². The maximum absolute atomic E-state index is 12.7. The third kappa shape index (κ3) is 2.91. The zero-order valence-corrected chi connectivity index (χ0v) is 15.1. The van der Waals surface area contributed by atoms with Gasteiger partial charge in [0.2, 0.25) is 0 Å². The monoisotopic (exact) mass is 364 g/mol. The molecule has 4 aromatic rings. The molecule has 8 heteroatoms. The Morgan fingerprint density at radius 1 is 1.19 bits per heavy atom. The van der Waals surface area contributed by atoms with E-state index in [0.717, 1.165) is 27.9 Å². The number of nitrogens with one attached hydrogen (secondary N) is 1. The Morgan fingerprint density at radius 2 is 2.00 bits per heavy atom. The second-order valence-corrected chi connectivity index (χ2v) is 6.65. The Morgan fingerprint density at radius 3 is 2.65 bits per heavy atom. The Kier molecular flexibility index (Phi) is 4.10. The van der Waals surface area contributed by atoms with Crippen LogP contribution in [0.3, 0.4) is 0 Å². The number of nitrogens with zero attached hydrogens (tertiary/aromatic N) is 5. The summed E-state index contributed by atoms with van der Waals surface area (Å²) in [5.74, 6) is -0.144. The molecular weight excluding hydrogens is 348 g/mol. The highest BCUT2D eigenvalue weighted by Crippen LogP contribution is 2.23. The molecule has 0 saturated carbocycles. The van der Waals surface area contributed by atoms with E-state index in [1.54, 1.807) is 28.5 Å². The molecule has 0 aliphatic carbocycles. The largest absolute Gasteiger partial charge is 0.322 e. The van der Waals surface area contributed by atoms with Gasteiger partial charge in [-0.15, -0.1) is 11.3 Å². The minimum atomic E-state index is -0.144. The topological polar surface area (TPSA) is 77.6 Å². The highest BCUT2D eigenvalue weighted by molar-refractivity contribution is 7.12. The standard InChI is InChI=1S/C18H16N6OS/c1-12-9-16(13(2)24(12)18-20-7-8-26-18)17(25)22-14-3-5-15(6-4-14)23-11-19-10-21-23/h3-11H,1-2H3,(H,22,25). The van der Waals surface area contributed by atoms with E-state index in [1.165, 1.54) is 6.33 Å². The first-order chi connectivity index (χ1) is 12.6. The van der Waals surface area contributed by atoms with Crippen LogP contribution in [0.5, 0.6) is 0 Å². The van der Waals surface area contributed by atoms with Crippen LogP contribution < -0.4 is 5.32 Å². The van der Waals surface area contributed by atoms with Crippen LogP contribution >= 0.6 is 11.3 Å². The lowest BCUT2D eigenvalue weighted by molar-refractivity contribution is 0.102. The number of benzene rings is 1. The van der Waals surface area contributed by atoms with Gasteiger partial charge in [0, 0.05) is 28.7 Å². The normalized spacial score (nSPS) is 10.8. The molecule has 3 aromatic heterocycles. The molecule has 1 aromatic carbocycles. The second-order valence-electron chi connectivity index (χ2n) is 5.78. The van der Waals surface area contributed by atoms with Gasteiger partial charge in [0.25, 0.3) is 5.91 Å². The van der Waals surface area contributed by atoms with Gasteiger partial charge in [0.1, 0.15) is 12.7 Å². The van der Waals surface area contributed by atoms with Crippen LogP contribution in [0.15, 0.2) is 54.6 Å². The van der Waals surface area contributed by atoms with Crippen molar-refractivity contribution in [1.29, 1.82) is 0 Å². The molecule has 26 heavy (non-hydrogen) atoms. The van der Waals surface area contributed by atoms with Crippen molar-refractivity contribution in [1.82, 2.24) is 24.3 Å². The molecule has 0 saturated heterocycles. The zero-order valence-electron chi connectivity index (χ0n) is 14.2. The molecule has 1 amide bonds. The van der Waals surface area contributed by atoms with Crippen molar-refractivity contribution in [2.24, 2.45) is 0 Å². The van der Waals surface area contributed by atoms with Crippen molar-refractivity contribution in [2.45, 2.75) is 13.8 Å². The van der Waals surface area contributed by atoms with E-state index in [0.29, 0.717) is 5.56 Å². The molecule has 0 unspecified atom stereocenters. The first kappa shape index (κ1) is 16.2. The van der Waals surface area contributed by atoms with Crippen LogP contribution in [0, 0.1) is 13.8 Å². The Labute approximate surface area is 154 Å². The molecule has 0 atom stereocenters. The summed E-state index contributed by atoms with van der Waals surface area (Å²) < 4.78 is 3.65. The minimum absolute atomic E-state index is 0.144. The fourth-order valence-electron chi connectivity index (χ4n) is 2.85. The molecule has 7 nitrogen and oxygen atoms in total. The van der Waals surface area contributed by atoms with Crippen LogP contribution in [0.2, 0.25) is 0 Å². The Bertz CT molecular complexity index is 1030. The third-order valence-electron chi connectivity index (χ3n) is 4.09. The molecule has 3 heterocycles. The maximum Gasteiger partial charge on any atom is 0.257 e. The summed E-state index contributed by atoms with van der Waals surface area (Å²) >= 11 is 1.54. The molecule has 0 spiro atoms. The lowest BCUT2D eigenvalue weighted by Crippen LogP contribution is -2.13. The average Bonchev–Trinajstić information content (AvgIpc) is 3.37. The summed E-state index contributed by atoms with van der Waals surface area (Å²) in [6.45, 7) is 3.90. The average molecular weight is 364 g/mol. The van der Waals surface area contributed by atoms with E-state index in [4.69, 9.17) is 0 Å². The van der Waals surface area contributed by atoms with Crippen LogP contribution in [0.25, 0.3) is 10.8 Å². The maximum atomic E-state index is 12.7. The smallest absolute Gasteiger partial charge is 0.257 e. The molecule has 0 bridgehead atoms. The molecule has 0 aliphatic rings. The van der Waals surface area contributed by atoms with Crippen LogP contribution in [0.4, 0.5) is 5.69 Å². The molecule has 4 rings (SSSR count). The lowest BCUT2D eigenvalue weighted by Gasteiger charge is -2.08. The molecule has 130 valence electrons. The molecule has 0 aliphatic heterocycles. The summed E-state index contributed by atoms with van der Waals surface area (Å²) in [6, 6.07) is 9.33. The predicted octanol–water partition coefficient (Wildman–Crippen LogP) is 3.38. The van der Waals surface area contributed by atoms with Gasteiger partial charge in [-0.05, 0) is 44.2 Å². The molecule has 0 radical (unpaired) electrons. The van der Waals surface area contributed by atoms with Gasteiger partial charge in [-0.2, -0.15) is 5.10 Å². The number of hydrogen-bond donors (Lipinski definition) is 1. The van der Waals surface area contributed by atoms with E-state index >= 15 is 0 Å². The Hall–Kier alpha value is -3.26. The number of hydrogen-bond acceptors (Lipinski definition) is 5. The number of thiazole rings is 1. The number of amides is 1. The minimum Gasteiger partial charge on any atom is -0.322 e. The Balaban J connectivity index is 1.56. The highest BCUT2D eigenvalue weighted by Gasteiger charge is 2.17. The first-order valence-corrected chi connectivity index (χ1v) is 8.86. The molecule has 1 N–H and O–H groups in total. The van der Waals surface area contributed by atoms with Crippen molar-refractivity contribution in [3.63, 3.8) is 0 Å². The lowest BCUT2D eigenvalue weighted by atomic mass is 10.2. The van der Waals surface area contributed by atoms with Crippen molar-refractivity contribution in [3.05, 3.63) is 71.5 Å². The van der Waals surface area contributed by atoms with Gasteiger partial charge in [-0.25, -0.2) is 14.6 Å². The van der Waals surface area contributed by atoms with Gasteiger partial charge < -0.3 is 5.32 Å². The summed E-state index contributed by atoms with van der Waals surface area (Å²) in [6.07, 6.45) is 4.87. The number of carbonyl (C=O) groups excluding carboxylic acids is 1. The number of aromatic nitrogens is 5. The van der Waals surface area contributed by atoms with E-state index in [1.807, 2.05) is 54.1 Å². The van der Waals surface area contributed by atoms with Crippen molar-refractivity contribution in [3.8, 4) is 10.8 Å². The van der Waals surface area contributed by atoms with E-state index in [-0.39, 0.29) is 5.91 Å².